The van der Waals surface area contributed by atoms with Crippen LogP contribution in [-0.2, 0) is 0 Å². The van der Waals surface area contributed by atoms with E-state index < -0.39 is 6.10 Å². The van der Waals surface area contributed by atoms with Gasteiger partial charge in [0.2, 0.25) is 0 Å². The Morgan fingerprint density at radius 1 is 1.60 bits per heavy atom. The molecule has 82 valence electrons. The van der Waals surface area contributed by atoms with Gasteiger partial charge in [0.15, 0.2) is 6.29 Å². The third-order valence-electron chi connectivity index (χ3n) is 2.10. The summed E-state index contributed by atoms with van der Waals surface area (Å²) in [7, 11) is 1.81. The minimum absolute atomic E-state index is 0.431. The normalized spacial score (nSPS) is 12.3. The van der Waals surface area contributed by atoms with Gasteiger partial charge in [0, 0.05) is 19.3 Å². The molecule has 3 nitrogen and oxygen atoms in total. The van der Waals surface area contributed by atoms with Crippen LogP contribution in [0.5, 0.6) is 0 Å². The first kappa shape index (κ1) is 12.0. The SMILES string of the molecule is CC(O)CN(C)c1cccc(Cl)c1C=O. The van der Waals surface area contributed by atoms with E-state index in [9.17, 15) is 9.90 Å². The molecule has 1 aromatic rings. The van der Waals surface area contributed by atoms with E-state index in [1.165, 1.54) is 0 Å². The average molecular weight is 228 g/mol. The van der Waals surface area contributed by atoms with E-state index in [-0.39, 0.29) is 0 Å². The highest BCUT2D eigenvalue weighted by atomic mass is 35.5. The second-order valence-electron chi connectivity index (χ2n) is 3.52. The summed E-state index contributed by atoms with van der Waals surface area (Å²) >= 11 is 5.89. The molecule has 0 radical (unpaired) electrons. The van der Waals surface area contributed by atoms with Crippen LogP contribution in [0.2, 0.25) is 5.02 Å². The van der Waals surface area contributed by atoms with Crippen LogP contribution in [0.25, 0.3) is 0 Å². The number of carbonyl (C=O) groups is 1. The van der Waals surface area contributed by atoms with Crippen molar-refractivity contribution in [3.63, 3.8) is 0 Å². The van der Waals surface area contributed by atoms with Gasteiger partial charge in [-0.25, -0.2) is 0 Å². The van der Waals surface area contributed by atoms with Gasteiger partial charge < -0.3 is 10.0 Å². The molecule has 1 unspecified atom stereocenters. The molecule has 1 atom stereocenters. The Bertz CT molecular complexity index is 352. The quantitative estimate of drug-likeness (QED) is 0.800. The van der Waals surface area contributed by atoms with Crippen LogP contribution in [0.15, 0.2) is 18.2 Å². The van der Waals surface area contributed by atoms with Gasteiger partial charge in [-0.15, -0.1) is 0 Å². The Morgan fingerprint density at radius 3 is 2.80 bits per heavy atom. The number of benzene rings is 1. The third kappa shape index (κ3) is 2.94. The minimum Gasteiger partial charge on any atom is -0.392 e. The van der Waals surface area contributed by atoms with E-state index in [0.29, 0.717) is 17.1 Å². The van der Waals surface area contributed by atoms with Gasteiger partial charge in [-0.3, -0.25) is 4.79 Å². The number of hydrogen-bond donors (Lipinski definition) is 1. The minimum atomic E-state index is -0.450. The number of aliphatic hydroxyl groups excluding tert-OH is 1. The molecule has 0 saturated heterocycles. The van der Waals surface area contributed by atoms with Crippen molar-refractivity contribution in [2.24, 2.45) is 0 Å². The van der Waals surface area contributed by atoms with E-state index in [1.807, 2.05) is 7.05 Å². The Labute approximate surface area is 94.3 Å². The fourth-order valence-corrected chi connectivity index (χ4v) is 1.68. The van der Waals surface area contributed by atoms with Gasteiger partial charge in [-0.05, 0) is 19.1 Å². The lowest BCUT2D eigenvalue weighted by Gasteiger charge is -2.22. The first-order chi connectivity index (χ1) is 7.06. The topological polar surface area (TPSA) is 40.5 Å². The lowest BCUT2D eigenvalue weighted by molar-refractivity contribution is 0.112. The van der Waals surface area contributed by atoms with E-state index >= 15 is 0 Å². The van der Waals surface area contributed by atoms with Crippen LogP contribution in [0.4, 0.5) is 5.69 Å². The molecule has 0 fully saturated rings. The molecule has 0 aliphatic rings. The van der Waals surface area contributed by atoms with Crippen LogP contribution < -0.4 is 4.90 Å². The number of aliphatic hydroxyl groups is 1. The van der Waals surface area contributed by atoms with Crippen molar-refractivity contribution in [1.29, 1.82) is 0 Å². The lowest BCUT2D eigenvalue weighted by Crippen LogP contribution is -2.27. The molecule has 0 spiro atoms. The van der Waals surface area contributed by atoms with Crippen LogP contribution in [-0.4, -0.2) is 31.1 Å². The molecule has 1 aromatic carbocycles. The van der Waals surface area contributed by atoms with Crippen molar-refractivity contribution in [1.82, 2.24) is 0 Å². The van der Waals surface area contributed by atoms with Gasteiger partial charge in [0.05, 0.1) is 16.7 Å². The Morgan fingerprint density at radius 2 is 2.27 bits per heavy atom. The Balaban J connectivity index is 3.02. The largest absolute Gasteiger partial charge is 0.392 e. The standard InChI is InChI=1S/C11H14ClNO2/c1-8(15)6-13(2)11-5-3-4-10(12)9(11)7-14/h3-5,7-8,15H,6H2,1-2H3. The molecular weight excluding hydrogens is 214 g/mol. The average Bonchev–Trinajstić information content (AvgIpc) is 2.16. The zero-order chi connectivity index (χ0) is 11.4. The molecule has 0 bridgehead atoms. The number of likely N-dealkylation sites (N-methyl/N-ethyl adjacent to an activating group) is 1. The molecule has 0 aromatic heterocycles. The Hall–Kier alpha value is -1.06. The molecule has 0 amide bonds. The second-order valence-corrected chi connectivity index (χ2v) is 3.93. The van der Waals surface area contributed by atoms with Crippen molar-refractivity contribution in [3.8, 4) is 0 Å². The van der Waals surface area contributed by atoms with E-state index in [2.05, 4.69) is 0 Å². The van der Waals surface area contributed by atoms with Crippen molar-refractivity contribution in [2.45, 2.75) is 13.0 Å². The maximum Gasteiger partial charge on any atom is 0.153 e. The smallest absolute Gasteiger partial charge is 0.153 e. The number of halogens is 1. The van der Waals surface area contributed by atoms with Crippen molar-refractivity contribution in [3.05, 3.63) is 28.8 Å². The lowest BCUT2D eigenvalue weighted by atomic mass is 10.1. The monoisotopic (exact) mass is 227 g/mol. The molecule has 1 rings (SSSR count). The third-order valence-corrected chi connectivity index (χ3v) is 2.43. The number of rotatable bonds is 4. The summed E-state index contributed by atoms with van der Waals surface area (Å²) in [4.78, 5) is 12.7. The maximum atomic E-state index is 10.9. The summed E-state index contributed by atoms with van der Waals surface area (Å²) < 4.78 is 0. The Kier molecular flexibility index (Phi) is 4.12. The molecule has 0 aliphatic heterocycles. The predicted octanol–water partition coefficient (Wildman–Crippen LogP) is 1.97. The first-order valence-electron chi connectivity index (χ1n) is 4.69. The fraction of sp³-hybridized carbons (Fsp3) is 0.364. The van der Waals surface area contributed by atoms with Crippen molar-refractivity contribution >= 4 is 23.6 Å². The number of hydrogen-bond acceptors (Lipinski definition) is 3. The predicted molar refractivity (Wildman–Crippen MR) is 61.8 cm³/mol. The molecular formula is C11H14ClNO2. The highest BCUT2D eigenvalue weighted by Gasteiger charge is 2.11. The molecule has 0 heterocycles. The summed E-state index contributed by atoms with van der Waals surface area (Å²) in [5.41, 5.74) is 1.20. The van der Waals surface area contributed by atoms with E-state index in [0.717, 1.165) is 12.0 Å². The highest BCUT2D eigenvalue weighted by Crippen LogP contribution is 2.25. The summed E-state index contributed by atoms with van der Waals surface area (Å²) in [6.07, 6.45) is 0.282. The summed E-state index contributed by atoms with van der Waals surface area (Å²) in [5.74, 6) is 0. The zero-order valence-corrected chi connectivity index (χ0v) is 9.53. The zero-order valence-electron chi connectivity index (χ0n) is 8.77. The van der Waals surface area contributed by atoms with Crippen LogP contribution in [0, 0.1) is 0 Å². The van der Waals surface area contributed by atoms with E-state index in [4.69, 9.17) is 11.6 Å². The van der Waals surface area contributed by atoms with Crippen molar-refractivity contribution < 1.29 is 9.90 Å². The van der Waals surface area contributed by atoms with Gasteiger partial charge in [0.1, 0.15) is 0 Å². The molecule has 0 aliphatic carbocycles. The first-order valence-corrected chi connectivity index (χ1v) is 5.07. The number of anilines is 1. The molecule has 15 heavy (non-hydrogen) atoms. The molecule has 1 N–H and O–H groups in total. The van der Waals surface area contributed by atoms with Gasteiger partial charge in [-0.1, -0.05) is 17.7 Å². The second kappa shape index (κ2) is 5.14. The van der Waals surface area contributed by atoms with Gasteiger partial charge in [0.25, 0.3) is 0 Å². The van der Waals surface area contributed by atoms with Gasteiger partial charge >= 0.3 is 0 Å². The summed E-state index contributed by atoms with van der Waals surface area (Å²) in [6.45, 7) is 2.16. The van der Waals surface area contributed by atoms with Crippen LogP contribution in [0.1, 0.15) is 17.3 Å². The number of carbonyl (C=O) groups excluding carboxylic acids is 1. The van der Waals surface area contributed by atoms with Crippen LogP contribution >= 0.6 is 11.6 Å². The highest BCUT2D eigenvalue weighted by molar-refractivity contribution is 6.33. The fourth-order valence-electron chi connectivity index (χ4n) is 1.47. The molecule has 4 heteroatoms. The molecule has 0 saturated carbocycles. The van der Waals surface area contributed by atoms with Gasteiger partial charge in [-0.2, -0.15) is 0 Å². The number of aldehydes is 1. The van der Waals surface area contributed by atoms with Crippen molar-refractivity contribution in [2.75, 3.05) is 18.5 Å². The number of nitrogens with zero attached hydrogens (tertiary/aromatic N) is 1. The maximum absolute atomic E-state index is 10.9. The van der Waals surface area contributed by atoms with E-state index in [1.54, 1.807) is 30.0 Å². The summed E-state index contributed by atoms with van der Waals surface area (Å²) in [5, 5.41) is 9.68. The van der Waals surface area contributed by atoms with Crippen LogP contribution in [0.3, 0.4) is 0 Å². The summed E-state index contributed by atoms with van der Waals surface area (Å²) in [6, 6.07) is 5.26.